The van der Waals surface area contributed by atoms with Crippen molar-refractivity contribution < 1.29 is 14.7 Å². The Labute approximate surface area is 101 Å². The van der Waals surface area contributed by atoms with Crippen molar-refractivity contribution in [2.24, 2.45) is 5.92 Å². The average molecular weight is 255 g/mol. The molecule has 1 aromatic heterocycles. The SMILES string of the molecule is CC(C)C(NC(=O)c1c[nH]c(=O)[nH]c1=O)C(=O)O. The predicted molar refractivity (Wildman–Crippen MR) is 61.4 cm³/mol. The van der Waals surface area contributed by atoms with Gasteiger partial charge >= 0.3 is 11.7 Å². The summed E-state index contributed by atoms with van der Waals surface area (Å²) in [5, 5.41) is 11.1. The highest BCUT2D eigenvalue weighted by molar-refractivity contribution is 5.96. The molecule has 1 atom stereocenters. The van der Waals surface area contributed by atoms with Gasteiger partial charge in [-0.1, -0.05) is 13.8 Å². The molecule has 0 aliphatic rings. The molecule has 98 valence electrons. The molecule has 0 saturated heterocycles. The standard InChI is InChI=1S/C10H13N3O5/c1-4(2)6(9(16)17)12-7(14)5-3-11-10(18)13-8(5)15/h3-4,6H,1-2H3,(H,12,14)(H,16,17)(H2,11,13,15,18). The van der Waals surface area contributed by atoms with E-state index < -0.39 is 29.2 Å². The Balaban J connectivity index is 2.98. The molecule has 1 aromatic rings. The number of H-pyrrole nitrogens is 2. The van der Waals surface area contributed by atoms with Crippen LogP contribution in [0.5, 0.6) is 0 Å². The van der Waals surface area contributed by atoms with E-state index in [0.717, 1.165) is 6.20 Å². The van der Waals surface area contributed by atoms with Gasteiger partial charge in [-0.05, 0) is 5.92 Å². The maximum absolute atomic E-state index is 11.7. The minimum Gasteiger partial charge on any atom is -0.480 e. The first-order valence-electron chi connectivity index (χ1n) is 5.18. The topological polar surface area (TPSA) is 132 Å². The Morgan fingerprint density at radius 2 is 1.94 bits per heavy atom. The summed E-state index contributed by atoms with van der Waals surface area (Å²) in [6.45, 7) is 3.24. The number of rotatable bonds is 4. The van der Waals surface area contributed by atoms with Gasteiger partial charge in [-0.3, -0.25) is 14.6 Å². The average Bonchev–Trinajstić information content (AvgIpc) is 2.24. The molecule has 0 aliphatic heterocycles. The number of aromatic nitrogens is 2. The lowest BCUT2D eigenvalue weighted by Gasteiger charge is -2.17. The number of aromatic amines is 2. The maximum atomic E-state index is 11.7. The van der Waals surface area contributed by atoms with Gasteiger partial charge in [0.15, 0.2) is 0 Å². The van der Waals surface area contributed by atoms with E-state index in [9.17, 15) is 19.2 Å². The van der Waals surface area contributed by atoms with Crippen molar-refractivity contribution in [2.75, 3.05) is 0 Å². The summed E-state index contributed by atoms with van der Waals surface area (Å²) in [5.74, 6) is -2.39. The highest BCUT2D eigenvalue weighted by Crippen LogP contribution is 2.02. The van der Waals surface area contributed by atoms with Crippen LogP contribution in [0.2, 0.25) is 0 Å². The summed E-state index contributed by atoms with van der Waals surface area (Å²) in [5.41, 5.74) is -1.96. The smallest absolute Gasteiger partial charge is 0.326 e. The fraction of sp³-hybridized carbons (Fsp3) is 0.400. The number of amides is 1. The molecule has 0 aromatic carbocycles. The molecular weight excluding hydrogens is 242 g/mol. The molecule has 1 rings (SSSR count). The van der Waals surface area contributed by atoms with Crippen molar-refractivity contribution in [2.45, 2.75) is 19.9 Å². The molecule has 0 saturated carbocycles. The number of carbonyl (C=O) groups is 2. The zero-order valence-corrected chi connectivity index (χ0v) is 9.81. The Morgan fingerprint density at radius 3 is 2.39 bits per heavy atom. The van der Waals surface area contributed by atoms with Crippen molar-refractivity contribution in [3.05, 3.63) is 32.6 Å². The number of carboxylic acid groups (broad SMARTS) is 1. The second-order valence-electron chi connectivity index (χ2n) is 4.02. The zero-order valence-electron chi connectivity index (χ0n) is 9.81. The molecule has 0 radical (unpaired) electrons. The summed E-state index contributed by atoms with van der Waals surface area (Å²) >= 11 is 0. The summed E-state index contributed by atoms with van der Waals surface area (Å²) in [6, 6.07) is -1.11. The van der Waals surface area contributed by atoms with E-state index in [1.54, 1.807) is 13.8 Å². The number of nitrogens with one attached hydrogen (secondary N) is 3. The first kappa shape index (κ1) is 13.7. The van der Waals surface area contributed by atoms with Gasteiger partial charge in [0.1, 0.15) is 11.6 Å². The zero-order chi connectivity index (χ0) is 13.9. The first-order valence-corrected chi connectivity index (χ1v) is 5.18. The highest BCUT2D eigenvalue weighted by atomic mass is 16.4. The van der Waals surface area contributed by atoms with E-state index in [1.165, 1.54) is 0 Å². The third kappa shape index (κ3) is 3.06. The highest BCUT2D eigenvalue weighted by Gasteiger charge is 2.24. The molecule has 0 spiro atoms. The lowest BCUT2D eigenvalue weighted by atomic mass is 10.0. The lowest BCUT2D eigenvalue weighted by molar-refractivity contribution is -0.140. The van der Waals surface area contributed by atoms with Gasteiger partial charge in [-0.15, -0.1) is 0 Å². The van der Waals surface area contributed by atoms with Crippen LogP contribution in [0.4, 0.5) is 0 Å². The monoisotopic (exact) mass is 255 g/mol. The predicted octanol–water partition coefficient (Wildman–Crippen LogP) is -1.10. The van der Waals surface area contributed by atoms with Crippen LogP contribution in [-0.4, -0.2) is 33.0 Å². The van der Waals surface area contributed by atoms with Crippen molar-refractivity contribution in [1.29, 1.82) is 0 Å². The van der Waals surface area contributed by atoms with Gasteiger partial charge in [0.2, 0.25) is 0 Å². The maximum Gasteiger partial charge on any atom is 0.326 e. The van der Waals surface area contributed by atoms with Gasteiger partial charge in [-0.25, -0.2) is 9.59 Å². The Bertz CT molecular complexity index is 571. The molecular formula is C10H13N3O5. The summed E-state index contributed by atoms with van der Waals surface area (Å²) < 4.78 is 0. The Kier molecular flexibility index (Phi) is 4.03. The number of carboxylic acids is 1. The van der Waals surface area contributed by atoms with Crippen molar-refractivity contribution in [1.82, 2.24) is 15.3 Å². The van der Waals surface area contributed by atoms with Crippen LogP contribution in [0.3, 0.4) is 0 Å². The van der Waals surface area contributed by atoms with E-state index in [0.29, 0.717) is 0 Å². The number of hydrogen-bond donors (Lipinski definition) is 4. The van der Waals surface area contributed by atoms with E-state index in [2.05, 4.69) is 10.3 Å². The minimum absolute atomic E-state index is 0.340. The molecule has 4 N–H and O–H groups in total. The summed E-state index contributed by atoms with van der Waals surface area (Å²) in [7, 11) is 0. The normalized spacial score (nSPS) is 12.2. The van der Waals surface area contributed by atoms with Crippen LogP contribution in [0.15, 0.2) is 15.8 Å². The van der Waals surface area contributed by atoms with E-state index >= 15 is 0 Å². The van der Waals surface area contributed by atoms with Gasteiger partial charge < -0.3 is 15.4 Å². The third-order valence-electron chi connectivity index (χ3n) is 2.28. The van der Waals surface area contributed by atoms with Gasteiger partial charge in [0.05, 0.1) is 0 Å². The van der Waals surface area contributed by atoms with E-state index in [-0.39, 0.29) is 11.5 Å². The molecule has 0 aliphatic carbocycles. The molecule has 1 heterocycles. The molecule has 8 nitrogen and oxygen atoms in total. The van der Waals surface area contributed by atoms with Crippen molar-refractivity contribution in [3.63, 3.8) is 0 Å². The van der Waals surface area contributed by atoms with Crippen LogP contribution < -0.4 is 16.6 Å². The molecule has 0 fully saturated rings. The molecule has 1 amide bonds. The van der Waals surface area contributed by atoms with Gasteiger partial charge in [0, 0.05) is 6.20 Å². The van der Waals surface area contributed by atoms with E-state index in [4.69, 9.17) is 5.11 Å². The lowest BCUT2D eigenvalue weighted by Crippen LogP contribution is -2.46. The summed E-state index contributed by atoms with van der Waals surface area (Å²) in [4.78, 5) is 48.7. The number of hydrogen-bond acceptors (Lipinski definition) is 4. The van der Waals surface area contributed by atoms with Crippen LogP contribution in [0.1, 0.15) is 24.2 Å². The fourth-order valence-corrected chi connectivity index (χ4v) is 1.31. The molecule has 8 heteroatoms. The van der Waals surface area contributed by atoms with Crippen LogP contribution >= 0.6 is 0 Å². The molecule has 1 unspecified atom stereocenters. The molecule has 18 heavy (non-hydrogen) atoms. The Morgan fingerprint density at radius 1 is 1.33 bits per heavy atom. The Hall–Kier alpha value is -2.38. The second-order valence-corrected chi connectivity index (χ2v) is 4.02. The van der Waals surface area contributed by atoms with Crippen LogP contribution in [0, 0.1) is 5.92 Å². The minimum atomic E-state index is -1.20. The van der Waals surface area contributed by atoms with Crippen LogP contribution in [-0.2, 0) is 4.79 Å². The largest absolute Gasteiger partial charge is 0.480 e. The van der Waals surface area contributed by atoms with Crippen molar-refractivity contribution in [3.8, 4) is 0 Å². The number of aliphatic carboxylic acids is 1. The summed E-state index contributed by atoms with van der Waals surface area (Å²) in [6.07, 6.45) is 0.940. The fourth-order valence-electron chi connectivity index (χ4n) is 1.31. The first-order chi connectivity index (χ1) is 8.32. The van der Waals surface area contributed by atoms with Gasteiger partial charge in [-0.2, -0.15) is 0 Å². The number of carbonyl (C=O) groups excluding carboxylic acids is 1. The van der Waals surface area contributed by atoms with Crippen LogP contribution in [0.25, 0.3) is 0 Å². The van der Waals surface area contributed by atoms with Crippen molar-refractivity contribution >= 4 is 11.9 Å². The molecule has 0 bridgehead atoms. The van der Waals surface area contributed by atoms with Gasteiger partial charge in [0.25, 0.3) is 11.5 Å². The third-order valence-corrected chi connectivity index (χ3v) is 2.28. The quantitative estimate of drug-likeness (QED) is 0.542. The second kappa shape index (κ2) is 5.30. The van der Waals surface area contributed by atoms with E-state index in [1.807, 2.05) is 4.98 Å².